The van der Waals surface area contributed by atoms with Crippen LogP contribution in [0.4, 0.5) is 0 Å². The summed E-state index contributed by atoms with van der Waals surface area (Å²) in [6.07, 6.45) is 1.42. The number of hydrogen-bond acceptors (Lipinski definition) is 8. The van der Waals surface area contributed by atoms with E-state index in [1.807, 2.05) is 4.90 Å². The topological polar surface area (TPSA) is 99.8 Å². The third kappa shape index (κ3) is 4.29. The Kier molecular flexibility index (Phi) is 6.24. The molecule has 9 nitrogen and oxygen atoms in total. The molecule has 2 aromatic rings. The second kappa shape index (κ2) is 8.74. The molecule has 2 aliphatic rings. The molecule has 0 N–H and O–H groups in total. The molecule has 2 aliphatic heterocycles. The number of nitrogens with zero attached hydrogens (tertiary/aromatic N) is 5. The van der Waals surface area contributed by atoms with Crippen molar-refractivity contribution in [3.63, 3.8) is 0 Å². The van der Waals surface area contributed by atoms with Gasteiger partial charge in [-0.05, 0) is 25.5 Å². The van der Waals surface area contributed by atoms with Gasteiger partial charge in [0.05, 0.1) is 5.92 Å². The van der Waals surface area contributed by atoms with Crippen molar-refractivity contribution in [1.29, 1.82) is 0 Å². The number of likely N-dealkylation sites (N-methyl/N-ethyl adjacent to an activating group) is 1. The fraction of sp³-hybridized carbons (Fsp3) is 0.632. The van der Waals surface area contributed by atoms with Gasteiger partial charge in [0.15, 0.2) is 0 Å². The van der Waals surface area contributed by atoms with Gasteiger partial charge in [-0.2, -0.15) is 9.29 Å². The van der Waals surface area contributed by atoms with Crippen LogP contribution in [-0.2, 0) is 14.8 Å². The van der Waals surface area contributed by atoms with Crippen molar-refractivity contribution in [1.82, 2.24) is 24.2 Å². The quantitative estimate of drug-likeness (QED) is 0.679. The summed E-state index contributed by atoms with van der Waals surface area (Å²) < 4.78 is 33.1. The van der Waals surface area contributed by atoms with E-state index in [1.165, 1.54) is 4.31 Å². The van der Waals surface area contributed by atoms with E-state index in [4.69, 9.17) is 4.52 Å². The predicted octanol–water partition coefficient (Wildman–Crippen LogP) is 1.67. The van der Waals surface area contributed by atoms with Crippen molar-refractivity contribution in [2.45, 2.75) is 30.9 Å². The summed E-state index contributed by atoms with van der Waals surface area (Å²) in [5, 5.41) is 5.57. The highest BCUT2D eigenvalue weighted by atomic mass is 32.2. The zero-order chi connectivity index (χ0) is 21.3. The van der Waals surface area contributed by atoms with E-state index in [2.05, 4.69) is 22.0 Å². The molecule has 2 saturated heterocycles. The van der Waals surface area contributed by atoms with Crippen molar-refractivity contribution in [3.05, 3.63) is 17.3 Å². The van der Waals surface area contributed by atoms with Crippen LogP contribution >= 0.6 is 11.3 Å². The number of thiophene rings is 1. The normalized spacial score (nSPS) is 21.8. The number of carbonyl (C=O) groups excluding carboxylic acids is 1. The first kappa shape index (κ1) is 21.4. The van der Waals surface area contributed by atoms with Crippen molar-refractivity contribution < 1.29 is 17.7 Å². The summed E-state index contributed by atoms with van der Waals surface area (Å²) >= 11 is 1.14. The number of aromatic nitrogens is 2. The maximum absolute atomic E-state index is 13.2. The molecule has 0 bridgehead atoms. The molecule has 2 aromatic heterocycles. The Balaban J connectivity index is 1.45. The van der Waals surface area contributed by atoms with E-state index in [-0.39, 0.29) is 22.6 Å². The molecule has 0 saturated carbocycles. The van der Waals surface area contributed by atoms with Gasteiger partial charge in [-0.1, -0.05) is 12.1 Å². The maximum atomic E-state index is 13.2. The minimum absolute atomic E-state index is 0.0831. The zero-order valence-corrected chi connectivity index (χ0v) is 18.9. The Morgan fingerprint density at radius 3 is 2.70 bits per heavy atom. The first-order valence-electron chi connectivity index (χ1n) is 10.3. The van der Waals surface area contributed by atoms with E-state index in [0.717, 1.165) is 37.4 Å². The summed E-state index contributed by atoms with van der Waals surface area (Å²) in [7, 11) is -3.67. The monoisotopic (exact) mass is 453 g/mol. The summed E-state index contributed by atoms with van der Waals surface area (Å²) in [5.41, 5.74) is 0.619. The first-order chi connectivity index (χ1) is 14.4. The summed E-state index contributed by atoms with van der Waals surface area (Å²) in [4.78, 5) is 21.4. The molecule has 1 amide bonds. The lowest BCUT2D eigenvalue weighted by Gasteiger charge is -2.38. The van der Waals surface area contributed by atoms with Gasteiger partial charge in [0.1, 0.15) is 4.21 Å². The lowest BCUT2D eigenvalue weighted by Crippen LogP contribution is -2.52. The molecule has 1 atom stereocenters. The molecule has 0 radical (unpaired) electrons. The third-order valence-electron chi connectivity index (χ3n) is 5.82. The highest BCUT2D eigenvalue weighted by Gasteiger charge is 2.36. The van der Waals surface area contributed by atoms with E-state index in [1.54, 1.807) is 18.4 Å². The van der Waals surface area contributed by atoms with Crippen LogP contribution in [0.2, 0.25) is 0 Å². The molecule has 0 aliphatic carbocycles. The Morgan fingerprint density at radius 1 is 1.27 bits per heavy atom. The van der Waals surface area contributed by atoms with Crippen LogP contribution < -0.4 is 0 Å². The van der Waals surface area contributed by atoms with Gasteiger partial charge >= 0.3 is 0 Å². The highest BCUT2D eigenvalue weighted by molar-refractivity contribution is 7.91. The number of sulfonamides is 1. The van der Waals surface area contributed by atoms with Crippen LogP contribution in [0.1, 0.15) is 25.7 Å². The van der Waals surface area contributed by atoms with Gasteiger partial charge in [-0.3, -0.25) is 4.79 Å². The second-order valence-electron chi connectivity index (χ2n) is 7.75. The Bertz CT molecular complexity index is 994. The van der Waals surface area contributed by atoms with Gasteiger partial charge in [-0.15, -0.1) is 11.3 Å². The first-order valence-corrected chi connectivity index (χ1v) is 12.6. The molecular formula is C19H27N5O4S2. The van der Waals surface area contributed by atoms with Crippen LogP contribution in [0.25, 0.3) is 11.4 Å². The number of hydrogen-bond donors (Lipinski definition) is 0. The van der Waals surface area contributed by atoms with E-state index >= 15 is 0 Å². The largest absolute Gasteiger partial charge is 0.340 e. The van der Waals surface area contributed by atoms with Crippen LogP contribution in [0.5, 0.6) is 0 Å². The molecule has 4 rings (SSSR count). The lowest BCUT2D eigenvalue weighted by molar-refractivity contribution is -0.138. The predicted molar refractivity (Wildman–Crippen MR) is 113 cm³/mol. The molecule has 4 heterocycles. The molecule has 11 heteroatoms. The Morgan fingerprint density at radius 2 is 2.03 bits per heavy atom. The summed E-state index contributed by atoms with van der Waals surface area (Å²) in [6.45, 7) is 8.67. The molecule has 0 spiro atoms. The van der Waals surface area contributed by atoms with E-state index < -0.39 is 10.0 Å². The minimum Gasteiger partial charge on any atom is -0.340 e. The molecule has 2 fully saturated rings. The fourth-order valence-electron chi connectivity index (χ4n) is 4.02. The van der Waals surface area contributed by atoms with Gasteiger partial charge in [-0.25, -0.2) is 8.42 Å². The van der Waals surface area contributed by atoms with Gasteiger partial charge in [0.2, 0.25) is 17.6 Å². The third-order valence-corrected chi connectivity index (χ3v) is 9.10. The number of rotatable bonds is 5. The summed E-state index contributed by atoms with van der Waals surface area (Å²) in [6, 6.07) is 1.58. The fourth-order valence-corrected chi connectivity index (χ4v) is 6.85. The second-order valence-corrected chi connectivity index (χ2v) is 10.8. The van der Waals surface area contributed by atoms with E-state index in [0.29, 0.717) is 43.3 Å². The van der Waals surface area contributed by atoms with Crippen molar-refractivity contribution in [3.8, 4) is 11.4 Å². The van der Waals surface area contributed by atoms with Crippen molar-refractivity contribution >= 4 is 27.3 Å². The Hall–Kier alpha value is -1.82. The highest BCUT2D eigenvalue weighted by Crippen LogP contribution is 2.31. The standard InChI is InChI=1S/C19H27N5O4S2/c1-3-22-7-9-23(10-8-22)19(25)15-5-4-6-24(12-15)30(26,27)17-11-16(13-29-17)18-20-14(2)28-21-18/h11,13,15H,3-10,12H2,1-2H3/t15-/m0/s1. The van der Waals surface area contributed by atoms with Gasteiger partial charge in [0.25, 0.3) is 10.0 Å². The van der Waals surface area contributed by atoms with Gasteiger partial charge < -0.3 is 14.3 Å². The number of piperidine rings is 1. The number of amides is 1. The Labute approximate surface area is 180 Å². The van der Waals surface area contributed by atoms with Crippen molar-refractivity contribution in [2.24, 2.45) is 5.92 Å². The molecule has 0 unspecified atom stereocenters. The van der Waals surface area contributed by atoms with Gasteiger partial charge in [0, 0.05) is 57.1 Å². The molecular weight excluding hydrogens is 426 g/mol. The van der Waals surface area contributed by atoms with Crippen LogP contribution in [0.15, 0.2) is 20.2 Å². The number of aryl methyl sites for hydroxylation is 1. The van der Waals surface area contributed by atoms with Crippen LogP contribution in [0.3, 0.4) is 0 Å². The zero-order valence-electron chi connectivity index (χ0n) is 17.3. The average molecular weight is 454 g/mol. The lowest BCUT2D eigenvalue weighted by atomic mass is 9.98. The number of carbonyl (C=O) groups is 1. The molecule has 0 aromatic carbocycles. The van der Waals surface area contributed by atoms with Crippen molar-refractivity contribution in [2.75, 3.05) is 45.8 Å². The van der Waals surface area contributed by atoms with Crippen LogP contribution in [-0.4, -0.2) is 84.4 Å². The minimum atomic E-state index is -3.67. The smallest absolute Gasteiger partial charge is 0.252 e. The average Bonchev–Trinajstić information content (AvgIpc) is 3.43. The van der Waals surface area contributed by atoms with Crippen LogP contribution in [0, 0.1) is 12.8 Å². The summed E-state index contributed by atoms with van der Waals surface area (Å²) in [5.74, 6) is 0.613. The number of piperazine rings is 1. The maximum Gasteiger partial charge on any atom is 0.252 e. The van der Waals surface area contributed by atoms with E-state index in [9.17, 15) is 13.2 Å². The molecule has 164 valence electrons. The molecule has 30 heavy (non-hydrogen) atoms. The SMILES string of the molecule is CCN1CCN(C(=O)[C@H]2CCCN(S(=O)(=O)c3cc(-c4noc(C)n4)cs3)C2)CC1.